The second-order valence-corrected chi connectivity index (χ2v) is 7.84. The van der Waals surface area contributed by atoms with Crippen LogP contribution >= 0.6 is 43.2 Å². The quantitative estimate of drug-likeness (QED) is 0.706. The smallest absolute Gasteiger partial charge is 0.125 e. The number of aliphatic hydroxyl groups excluding tert-OH is 1. The molecule has 0 radical (unpaired) electrons. The zero-order chi connectivity index (χ0) is 14.1. The van der Waals surface area contributed by atoms with Gasteiger partial charge in [0.25, 0.3) is 0 Å². The van der Waals surface area contributed by atoms with Gasteiger partial charge in [0, 0.05) is 5.56 Å². The molecule has 3 aromatic rings. The molecule has 0 spiro atoms. The third-order valence-corrected chi connectivity index (χ3v) is 5.22. The second-order valence-electron chi connectivity index (χ2n) is 4.09. The van der Waals surface area contributed by atoms with E-state index in [1.54, 1.807) is 10.9 Å². The lowest BCUT2D eigenvalue weighted by molar-refractivity contribution is 0.212. The topological polar surface area (TPSA) is 50.9 Å². The van der Waals surface area contributed by atoms with E-state index in [0.29, 0.717) is 5.69 Å². The standard InChI is InChI=1S/C13H9Br2N3OS/c14-11-6-9(13(15)20-11)12(19)10-7-16-17-18(10)8-4-2-1-3-5-8/h1-7,12,19H. The van der Waals surface area contributed by atoms with Crippen molar-refractivity contribution in [1.82, 2.24) is 15.0 Å². The van der Waals surface area contributed by atoms with Gasteiger partial charge in [-0.2, -0.15) is 0 Å². The van der Waals surface area contributed by atoms with Crippen LogP contribution in [0.2, 0.25) is 0 Å². The molecule has 0 fully saturated rings. The van der Waals surface area contributed by atoms with E-state index >= 15 is 0 Å². The molecule has 2 heterocycles. The van der Waals surface area contributed by atoms with Gasteiger partial charge >= 0.3 is 0 Å². The van der Waals surface area contributed by atoms with E-state index in [9.17, 15) is 5.11 Å². The average molecular weight is 415 g/mol. The van der Waals surface area contributed by atoms with Gasteiger partial charge in [-0.3, -0.25) is 0 Å². The number of thiophene rings is 1. The summed E-state index contributed by atoms with van der Waals surface area (Å²) in [6, 6.07) is 11.5. The zero-order valence-electron chi connectivity index (χ0n) is 10.1. The van der Waals surface area contributed by atoms with Crippen molar-refractivity contribution in [1.29, 1.82) is 0 Å². The summed E-state index contributed by atoms with van der Waals surface area (Å²) in [4.78, 5) is 0. The highest BCUT2D eigenvalue weighted by Gasteiger charge is 2.21. The third kappa shape index (κ3) is 2.58. The van der Waals surface area contributed by atoms with Crippen molar-refractivity contribution in [2.24, 2.45) is 0 Å². The maximum Gasteiger partial charge on any atom is 0.125 e. The monoisotopic (exact) mass is 413 g/mol. The number of nitrogens with zero attached hydrogens (tertiary/aromatic N) is 3. The molecule has 7 heteroatoms. The van der Waals surface area contributed by atoms with Gasteiger partial charge in [-0.15, -0.1) is 16.4 Å². The second kappa shape index (κ2) is 5.77. The number of aliphatic hydroxyl groups is 1. The first-order valence-electron chi connectivity index (χ1n) is 5.75. The van der Waals surface area contributed by atoms with E-state index in [-0.39, 0.29) is 0 Å². The number of halogens is 2. The highest BCUT2D eigenvalue weighted by molar-refractivity contribution is 9.12. The zero-order valence-corrected chi connectivity index (χ0v) is 14.1. The van der Waals surface area contributed by atoms with Gasteiger partial charge in [0.2, 0.25) is 0 Å². The summed E-state index contributed by atoms with van der Waals surface area (Å²) in [7, 11) is 0. The predicted octanol–water partition coefficient (Wildman–Crippen LogP) is 3.94. The Morgan fingerprint density at radius 2 is 1.95 bits per heavy atom. The molecule has 0 aliphatic rings. The normalized spacial score (nSPS) is 12.6. The summed E-state index contributed by atoms with van der Waals surface area (Å²) in [6.45, 7) is 0. The molecule has 1 N–H and O–H groups in total. The summed E-state index contributed by atoms with van der Waals surface area (Å²) < 4.78 is 3.48. The molecule has 0 bridgehead atoms. The van der Waals surface area contributed by atoms with E-state index in [4.69, 9.17) is 0 Å². The first kappa shape index (κ1) is 13.9. The van der Waals surface area contributed by atoms with Gasteiger partial charge in [0.15, 0.2) is 0 Å². The number of hydrogen-bond acceptors (Lipinski definition) is 4. The fraction of sp³-hybridized carbons (Fsp3) is 0.0769. The van der Waals surface area contributed by atoms with Crippen LogP contribution in [0.15, 0.2) is 50.2 Å². The van der Waals surface area contributed by atoms with E-state index in [1.807, 2.05) is 36.4 Å². The van der Waals surface area contributed by atoms with Crippen molar-refractivity contribution in [3.8, 4) is 5.69 Å². The van der Waals surface area contributed by atoms with Crippen LogP contribution in [0.1, 0.15) is 17.4 Å². The molecule has 0 aliphatic heterocycles. The van der Waals surface area contributed by atoms with E-state index < -0.39 is 6.10 Å². The van der Waals surface area contributed by atoms with Crippen LogP contribution in [-0.2, 0) is 0 Å². The summed E-state index contributed by atoms with van der Waals surface area (Å²) in [5, 5.41) is 18.5. The lowest BCUT2D eigenvalue weighted by Gasteiger charge is -2.11. The predicted molar refractivity (Wildman–Crippen MR) is 85.1 cm³/mol. The van der Waals surface area contributed by atoms with Crippen LogP contribution in [0, 0.1) is 0 Å². The Kier molecular flexibility index (Phi) is 4.02. The molecule has 102 valence electrons. The van der Waals surface area contributed by atoms with E-state index in [1.165, 1.54) is 11.3 Å². The van der Waals surface area contributed by atoms with Gasteiger partial charge in [-0.25, -0.2) is 4.68 Å². The van der Waals surface area contributed by atoms with Crippen molar-refractivity contribution in [2.45, 2.75) is 6.10 Å². The van der Waals surface area contributed by atoms with E-state index in [0.717, 1.165) is 18.8 Å². The third-order valence-electron chi connectivity index (χ3n) is 2.83. The summed E-state index contributed by atoms with van der Waals surface area (Å²) in [6.07, 6.45) is 0.789. The number of aromatic nitrogens is 3. The molecule has 4 nitrogen and oxygen atoms in total. The Morgan fingerprint density at radius 3 is 2.60 bits per heavy atom. The van der Waals surface area contributed by atoms with Crippen molar-refractivity contribution in [3.63, 3.8) is 0 Å². The molecule has 2 aromatic heterocycles. The number of hydrogen-bond donors (Lipinski definition) is 1. The van der Waals surface area contributed by atoms with Gasteiger partial charge in [0.1, 0.15) is 6.10 Å². The SMILES string of the molecule is OC(c1cc(Br)sc1Br)c1cnnn1-c1ccccc1. The largest absolute Gasteiger partial charge is 0.382 e. The number of benzene rings is 1. The molecule has 0 amide bonds. The van der Waals surface area contributed by atoms with Gasteiger partial charge in [0.05, 0.1) is 25.2 Å². The fourth-order valence-electron chi connectivity index (χ4n) is 1.90. The Labute approximate surface area is 136 Å². The Balaban J connectivity index is 2.04. The van der Waals surface area contributed by atoms with E-state index in [2.05, 4.69) is 42.2 Å². The maximum absolute atomic E-state index is 10.6. The van der Waals surface area contributed by atoms with Crippen molar-refractivity contribution in [2.75, 3.05) is 0 Å². The summed E-state index contributed by atoms with van der Waals surface area (Å²) in [5.41, 5.74) is 2.29. The molecule has 0 aliphatic carbocycles. The minimum Gasteiger partial charge on any atom is -0.382 e. The number of para-hydroxylation sites is 1. The average Bonchev–Trinajstić information content (AvgIpc) is 3.05. The van der Waals surface area contributed by atoms with Crippen LogP contribution in [0.4, 0.5) is 0 Å². The molecule has 1 atom stereocenters. The van der Waals surface area contributed by atoms with Crippen LogP contribution in [0.5, 0.6) is 0 Å². The molecular formula is C13H9Br2N3OS. The Bertz CT molecular complexity index is 726. The summed E-state index contributed by atoms with van der Waals surface area (Å²) in [5.74, 6) is 0. The molecule has 0 saturated heterocycles. The first-order chi connectivity index (χ1) is 9.66. The molecule has 1 unspecified atom stereocenters. The molecule has 20 heavy (non-hydrogen) atoms. The first-order valence-corrected chi connectivity index (χ1v) is 8.16. The van der Waals surface area contributed by atoms with Crippen LogP contribution in [0.3, 0.4) is 0 Å². The minimum atomic E-state index is -0.790. The Morgan fingerprint density at radius 1 is 1.20 bits per heavy atom. The minimum absolute atomic E-state index is 0.627. The van der Waals surface area contributed by atoms with Gasteiger partial charge in [-0.1, -0.05) is 23.4 Å². The van der Waals surface area contributed by atoms with Gasteiger partial charge in [-0.05, 0) is 50.1 Å². The molecule has 0 saturated carbocycles. The lowest BCUT2D eigenvalue weighted by atomic mass is 10.1. The Hall–Kier alpha value is -1.02. The van der Waals surface area contributed by atoms with Crippen molar-refractivity contribution < 1.29 is 5.11 Å². The highest BCUT2D eigenvalue weighted by Crippen LogP contribution is 2.37. The van der Waals surface area contributed by atoms with Crippen LogP contribution < -0.4 is 0 Å². The summed E-state index contributed by atoms with van der Waals surface area (Å²) >= 11 is 8.40. The van der Waals surface area contributed by atoms with Crippen LogP contribution in [-0.4, -0.2) is 20.1 Å². The lowest BCUT2D eigenvalue weighted by Crippen LogP contribution is -2.08. The van der Waals surface area contributed by atoms with Crippen molar-refractivity contribution >= 4 is 43.2 Å². The maximum atomic E-state index is 10.6. The van der Waals surface area contributed by atoms with Crippen LogP contribution in [0.25, 0.3) is 5.69 Å². The fourth-order valence-corrected chi connectivity index (χ4v) is 4.78. The molecular weight excluding hydrogens is 406 g/mol. The van der Waals surface area contributed by atoms with Crippen molar-refractivity contribution in [3.05, 3.63) is 61.4 Å². The highest BCUT2D eigenvalue weighted by atomic mass is 79.9. The number of rotatable bonds is 3. The molecule has 3 rings (SSSR count). The molecule has 1 aromatic carbocycles. The van der Waals surface area contributed by atoms with Gasteiger partial charge < -0.3 is 5.11 Å².